The molecule has 1 saturated heterocycles. The van der Waals surface area contributed by atoms with E-state index in [4.69, 9.17) is 20.3 Å². The standard InChI is InChI=1S/C43H55N6O21P3S2/c1-6-47-31-18-16-27(74(61,62)63)22-29(31)42(2,3)34(47)13-10-14-35-43(4,5)30-23-28(75(64,65)66)17-19-32(30)48(35)21-9-7-8-15-36(50)45-20-11-12-26-24-49(41(53)46-39(26)44)40-38(52)37(51)33(68-40)25-67-72(57,58)70-73(59,60)69-71(54,55)56/h10,13-14,16-19,22-24,33,37-38,40,51-52H,6-9,15,20-21,25H2,1-5H3,(H8-,44,45,46,50,53,54,55,56,57,58,59,60,61,62,63,64,65,66)/t33-,37-,38-,40-/m1/s1. The van der Waals surface area contributed by atoms with Gasteiger partial charge in [0.1, 0.15) is 40.8 Å². The number of phosphoric ester groups is 1. The van der Waals surface area contributed by atoms with E-state index in [-0.39, 0.29) is 40.0 Å². The zero-order chi connectivity index (χ0) is 55.9. The first-order chi connectivity index (χ1) is 34.6. The average Bonchev–Trinajstić information content (AvgIpc) is 3.77. The highest BCUT2D eigenvalue weighted by molar-refractivity contribution is 7.86. The maximum Gasteiger partial charge on any atom is 0.490 e. The molecule has 1 amide bonds. The molecule has 32 heteroatoms. The number of likely N-dealkylation sites (N-methyl/N-ethyl adjacent to an activating group) is 1. The summed E-state index contributed by atoms with van der Waals surface area (Å²) in [6.45, 7) is 9.33. The Morgan fingerprint density at radius 1 is 0.960 bits per heavy atom. The Morgan fingerprint density at radius 3 is 2.27 bits per heavy atom. The van der Waals surface area contributed by atoms with E-state index in [0.29, 0.717) is 48.0 Å². The molecule has 0 saturated carbocycles. The van der Waals surface area contributed by atoms with E-state index >= 15 is 0 Å². The van der Waals surface area contributed by atoms with Crippen LogP contribution in [0.2, 0.25) is 0 Å². The lowest BCUT2D eigenvalue weighted by molar-refractivity contribution is -0.438. The molecule has 2 aromatic carbocycles. The summed E-state index contributed by atoms with van der Waals surface area (Å²) in [4.78, 5) is 67.1. The second kappa shape index (κ2) is 22.3. The number of carbonyl (C=O) groups excluding carboxylic acids is 1. The van der Waals surface area contributed by atoms with Gasteiger partial charge in [0.05, 0.1) is 33.9 Å². The van der Waals surface area contributed by atoms with Crippen molar-refractivity contribution < 1.29 is 96.7 Å². The smallest absolute Gasteiger partial charge is 0.490 e. The molecule has 3 aliphatic rings. The van der Waals surface area contributed by atoms with Crippen molar-refractivity contribution in [2.24, 2.45) is 0 Å². The molecule has 0 radical (unpaired) electrons. The second-order valence-corrected chi connectivity index (χ2v) is 25.5. The summed E-state index contributed by atoms with van der Waals surface area (Å²) in [6.07, 6.45) is 1.17. The van der Waals surface area contributed by atoms with E-state index in [1.807, 2.05) is 62.3 Å². The molecule has 2 unspecified atom stereocenters. The third-order valence-corrected chi connectivity index (χ3v) is 17.9. The second-order valence-electron chi connectivity index (χ2n) is 18.3. The number of allylic oxidation sites excluding steroid dienone is 4. The highest BCUT2D eigenvalue weighted by Gasteiger charge is 2.48. The van der Waals surface area contributed by atoms with Gasteiger partial charge in [-0.3, -0.25) is 18.4 Å². The number of aliphatic hydroxyl groups is 2. The van der Waals surface area contributed by atoms with Gasteiger partial charge in [-0.05, 0) is 75.6 Å². The molecule has 0 bridgehead atoms. The Morgan fingerprint density at radius 2 is 1.63 bits per heavy atom. The van der Waals surface area contributed by atoms with Crippen LogP contribution in [-0.2, 0) is 67.4 Å². The summed E-state index contributed by atoms with van der Waals surface area (Å²) >= 11 is 0. The van der Waals surface area contributed by atoms with Crippen molar-refractivity contribution in [3.05, 3.63) is 93.7 Å². The molecule has 410 valence electrons. The number of nitrogens with one attached hydrogen (secondary N) is 1. The zero-order valence-electron chi connectivity index (χ0n) is 40.6. The lowest BCUT2D eigenvalue weighted by Gasteiger charge is -2.25. The highest BCUT2D eigenvalue weighted by atomic mass is 32.2. The van der Waals surface area contributed by atoms with Crippen LogP contribution < -0.4 is 21.6 Å². The first-order valence-corrected chi connectivity index (χ1v) is 29.9. The van der Waals surface area contributed by atoms with E-state index in [1.54, 1.807) is 12.1 Å². The number of benzene rings is 2. The van der Waals surface area contributed by atoms with Gasteiger partial charge in [-0.2, -0.15) is 26.6 Å². The maximum absolute atomic E-state index is 12.8. The van der Waals surface area contributed by atoms with Crippen molar-refractivity contribution in [2.75, 3.05) is 36.9 Å². The van der Waals surface area contributed by atoms with Gasteiger partial charge in [0, 0.05) is 60.1 Å². The number of nitrogen functional groups attached to an aromatic ring is 1. The number of aromatic nitrogens is 2. The number of amides is 1. The molecule has 0 spiro atoms. The van der Waals surface area contributed by atoms with Gasteiger partial charge in [-0.1, -0.05) is 31.8 Å². The van der Waals surface area contributed by atoms with E-state index in [2.05, 4.69) is 35.3 Å². The van der Waals surface area contributed by atoms with Crippen molar-refractivity contribution >= 4 is 72.5 Å². The SMILES string of the molecule is CCN1C(=CC=CC2=[N+](CCCCCC(=O)NCC#Cc3cn([C@@H]4O[C@H](COP(=O)(O)OP(=O)(O)OP(=O)(O)O)[C@@H](O)[C@H]4O)c(=O)nc3N)c3ccc(S(=O)(=O)O)cc3C2(C)C)C(C)(C)c2cc(S(=O)(=O)[O-])ccc21. The number of carbonyl (C=O) groups is 1. The Kier molecular flexibility index (Phi) is 17.7. The molecular weight excluding hydrogens is 1090 g/mol. The van der Waals surface area contributed by atoms with Gasteiger partial charge in [0.2, 0.25) is 11.6 Å². The van der Waals surface area contributed by atoms with E-state index < -0.39 is 91.4 Å². The summed E-state index contributed by atoms with van der Waals surface area (Å²) in [5, 5.41) is 23.8. The summed E-state index contributed by atoms with van der Waals surface area (Å²) in [7, 11) is -26.4. The molecule has 1 aromatic heterocycles. The molecule has 3 aromatic rings. The quantitative estimate of drug-likeness (QED) is 0.0258. The summed E-state index contributed by atoms with van der Waals surface area (Å²) < 4.78 is 124. The fourth-order valence-electron chi connectivity index (χ4n) is 8.87. The molecule has 27 nitrogen and oxygen atoms in total. The van der Waals surface area contributed by atoms with Crippen molar-refractivity contribution in [1.29, 1.82) is 0 Å². The lowest BCUT2D eigenvalue weighted by Crippen LogP contribution is -2.36. The minimum Gasteiger partial charge on any atom is -0.744 e. The number of anilines is 2. The third kappa shape index (κ3) is 13.9. The Hall–Kier alpha value is -4.79. The molecule has 10 N–H and O–H groups in total. The number of nitrogens with two attached hydrogens (primary N) is 1. The summed E-state index contributed by atoms with van der Waals surface area (Å²) in [5.41, 5.74) is 7.74. The number of hydrogen-bond acceptors (Lipinski definition) is 19. The van der Waals surface area contributed by atoms with Crippen LogP contribution in [0.15, 0.2) is 81.1 Å². The van der Waals surface area contributed by atoms with Crippen molar-refractivity contribution in [3.63, 3.8) is 0 Å². The highest BCUT2D eigenvalue weighted by Crippen LogP contribution is 2.66. The van der Waals surface area contributed by atoms with Gasteiger partial charge < -0.3 is 55.0 Å². The molecule has 6 rings (SSSR count). The number of rotatable bonds is 20. The van der Waals surface area contributed by atoms with Gasteiger partial charge in [-0.25, -0.2) is 26.9 Å². The fraction of sp³-hybridized carbons (Fsp3) is 0.442. The first kappa shape index (κ1) is 59.5. The van der Waals surface area contributed by atoms with Gasteiger partial charge in [0.15, 0.2) is 11.9 Å². The number of fused-ring (bicyclic) bond motifs is 2. The van der Waals surface area contributed by atoms with Crippen LogP contribution in [0, 0.1) is 11.8 Å². The van der Waals surface area contributed by atoms with E-state index in [1.165, 1.54) is 24.3 Å². The number of hydrogen-bond donors (Lipinski definition) is 9. The number of ether oxygens (including phenoxy) is 1. The van der Waals surface area contributed by atoms with Crippen LogP contribution >= 0.6 is 23.5 Å². The Labute approximate surface area is 430 Å². The van der Waals surface area contributed by atoms with Crippen LogP contribution in [-0.4, -0.2) is 126 Å². The van der Waals surface area contributed by atoms with Crippen molar-refractivity contribution in [1.82, 2.24) is 14.9 Å². The predicted molar refractivity (Wildman–Crippen MR) is 264 cm³/mol. The summed E-state index contributed by atoms with van der Waals surface area (Å²) in [6, 6.07) is 8.72. The maximum atomic E-state index is 12.8. The van der Waals surface area contributed by atoms with Crippen LogP contribution in [0.4, 0.5) is 17.2 Å². The van der Waals surface area contributed by atoms with Crippen LogP contribution in [0.3, 0.4) is 0 Å². The normalized spacial score (nSPS) is 22.4. The zero-order valence-corrected chi connectivity index (χ0v) is 44.9. The first-order valence-electron chi connectivity index (χ1n) is 22.6. The number of nitrogens with zero attached hydrogens (tertiary/aromatic N) is 4. The minimum absolute atomic E-state index is 0.0832. The average molecular weight is 1150 g/mol. The van der Waals surface area contributed by atoms with Crippen molar-refractivity contribution in [3.8, 4) is 11.8 Å². The Bertz CT molecular complexity index is 3360. The Balaban J connectivity index is 1.08. The lowest BCUT2D eigenvalue weighted by atomic mass is 9.81. The van der Waals surface area contributed by atoms with Crippen LogP contribution in [0.1, 0.15) is 83.2 Å². The predicted octanol–water partition coefficient (Wildman–Crippen LogP) is 2.30. The number of phosphoric acid groups is 3. The van der Waals surface area contributed by atoms with Gasteiger partial charge >= 0.3 is 29.2 Å². The molecule has 0 aliphatic carbocycles. The van der Waals surface area contributed by atoms with E-state index in [9.17, 15) is 69.2 Å². The third-order valence-electron chi connectivity index (χ3n) is 12.4. The topological polar surface area (TPSA) is 417 Å². The molecule has 6 atom stereocenters. The molecule has 1 fully saturated rings. The molecule has 3 aliphatic heterocycles. The largest absolute Gasteiger partial charge is 0.744 e. The minimum atomic E-state index is -5.86. The van der Waals surface area contributed by atoms with Gasteiger partial charge in [-0.15, -0.1) is 0 Å². The monoisotopic (exact) mass is 1150 g/mol. The van der Waals surface area contributed by atoms with Crippen LogP contribution in [0.25, 0.3) is 0 Å². The molecular formula is C43H55N6O21P3S2. The van der Waals surface area contributed by atoms with E-state index in [0.717, 1.165) is 29.0 Å². The number of aliphatic hydroxyl groups excluding tert-OH is 2. The van der Waals surface area contributed by atoms with Crippen molar-refractivity contribution in [2.45, 2.75) is 105 Å². The van der Waals surface area contributed by atoms with Gasteiger partial charge in [0.25, 0.3) is 10.1 Å². The molecule has 4 heterocycles. The summed E-state index contributed by atoms with van der Waals surface area (Å²) in [5.74, 6) is 4.59. The fourth-order valence-corrected chi connectivity index (χ4v) is 12.9. The number of unbranched alkanes of at least 4 members (excludes halogenated alkanes) is 2. The van der Waals surface area contributed by atoms with Crippen LogP contribution in [0.5, 0.6) is 0 Å². The molecule has 75 heavy (non-hydrogen) atoms.